The summed E-state index contributed by atoms with van der Waals surface area (Å²) in [6.07, 6.45) is 0.909. The van der Waals surface area contributed by atoms with Gasteiger partial charge in [0.25, 0.3) is 0 Å². The third-order valence-electron chi connectivity index (χ3n) is 3.22. The molecule has 0 saturated heterocycles. The number of nitrogens with one attached hydrogen (secondary N) is 1. The van der Waals surface area contributed by atoms with Crippen LogP contribution >= 0.6 is 11.3 Å². The van der Waals surface area contributed by atoms with Gasteiger partial charge in [-0.15, -0.1) is 10.2 Å². The molecule has 5 heteroatoms. The second kappa shape index (κ2) is 7.47. The molecule has 20 heavy (non-hydrogen) atoms. The maximum atomic E-state index is 4.99. The zero-order chi connectivity index (χ0) is 14.4. The van der Waals surface area contributed by atoms with Crippen molar-refractivity contribution in [2.75, 3.05) is 26.8 Å². The zero-order valence-electron chi connectivity index (χ0n) is 12.3. The van der Waals surface area contributed by atoms with Gasteiger partial charge < -0.3 is 10.1 Å². The number of aromatic nitrogens is 2. The Labute approximate surface area is 124 Å². The van der Waals surface area contributed by atoms with Crippen LogP contribution < -0.4 is 5.32 Å². The Kier molecular flexibility index (Phi) is 5.64. The van der Waals surface area contributed by atoms with Gasteiger partial charge in [-0.05, 0) is 31.0 Å². The molecule has 0 bridgehead atoms. The predicted molar refractivity (Wildman–Crippen MR) is 83.3 cm³/mol. The number of hydrogen-bond donors (Lipinski definition) is 1. The molecule has 0 aliphatic carbocycles. The Morgan fingerprint density at radius 1 is 1.15 bits per heavy atom. The number of ether oxygens (including phenoxy) is 1. The molecule has 0 aliphatic rings. The standard InChI is InChI=1S/C15H21N3OS/c1-11-4-5-13(10-12(11)2)15-18-17-14(20-15)6-7-16-8-9-19-3/h4-5,10,16H,6-9H2,1-3H3. The van der Waals surface area contributed by atoms with Gasteiger partial charge in [0, 0.05) is 32.2 Å². The van der Waals surface area contributed by atoms with Crippen molar-refractivity contribution in [3.8, 4) is 10.6 Å². The Bertz CT molecular complexity index is 554. The molecule has 1 heterocycles. The Morgan fingerprint density at radius 2 is 2.00 bits per heavy atom. The fourth-order valence-corrected chi connectivity index (χ4v) is 2.68. The lowest BCUT2D eigenvalue weighted by Gasteiger charge is -2.01. The average molecular weight is 291 g/mol. The van der Waals surface area contributed by atoms with Crippen LogP contribution in [0.5, 0.6) is 0 Å². The van der Waals surface area contributed by atoms with Crippen LogP contribution in [0, 0.1) is 13.8 Å². The molecule has 1 N–H and O–H groups in total. The third kappa shape index (κ3) is 4.10. The van der Waals surface area contributed by atoms with E-state index in [0.29, 0.717) is 0 Å². The first kappa shape index (κ1) is 15.1. The number of rotatable bonds is 7. The number of aryl methyl sites for hydroxylation is 2. The molecular weight excluding hydrogens is 270 g/mol. The van der Waals surface area contributed by atoms with Crippen LogP contribution in [0.15, 0.2) is 18.2 Å². The normalized spacial score (nSPS) is 10.9. The highest BCUT2D eigenvalue weighted by Crippen LogP contribution is 2.25. The van der Waals surface area contributed by atoms with Gasteiger partial charge >= 0.3 is 0 Å². The highest BCUT2D eigenvalue weighted by Gasteiger charge is 2.07. The van der Waals surface area contributed by atoms with E-state index < -0.39 is 0 Å². The van der Waals surface area contributed by atoms with Crippen LogP contribution in [0.2, 0.25) is 0 Å². The topological polar surface area (TPSA) is 47.0 Å². The van der Waals surface area contributed by atoms with Crippen LogP contribution in [-0.2, 0) is 11.2 Å². The predicted octanol–water partition coefficient (Wildman–Crippen LogP) is 2.60. The quantitative estimate of drug-likeness (QED) is 0.797. The minimum Gasteiger partial charge on any atom is -0.383 e. The van der Waals surface area contributed by atoms with Gasteiger partial charge in [0.05, 0.1) is 6.61 Å². The molecule has 0 amide bonds. The van der Waals surface area contributed by atoms with E-state index in [-0.39, 0.29) is 0 Å². The summed E-state index contributed by atoms with van der Waals surface area (Å²) in [5.74, 6) is 0. The van der Waals surface area contributed by atoms with E-state index in [1.165, 1.54) is 11.1 Å². The van der Waals surface area contributed by atoms with Crippen LogP contribution in [0.4, 0.5) is 0 Å². The summed E-state index contributed by atoms with van der Waals surface area (Å²) in [6, 6.07) is 6.43. The van der Waals surface area contributed by atoms with E-state index in [0.717, 1.165) is 41.7 Å². The van der Waals surface area contributed by atoms with Crippen molar-refractivity contribution in [3.05, 3.63) is 34.3 Å². The molecule has 0 atom stereocenters. The first-order valence-corrected chi connectivity index (χ1v) is 7.62. The van der Waals surface area contributed by atoms with Gasteiger partial charge in [0.15, 0.2) is 0 Å². The molecule has 2 aromatic rings. The second-order valence-corrected chi connectivity index (χ2v) is 5.85. The van der Waals surface area contributed by atoms with Crippen molar-refractivity contribution in [2.45, 2.75) is 20.3 Å². The van der Waals surface area contributed by atoms with E-state index in [1.807, 2.05) is 0 Å². The third-order valence-corrected chi connectivity index (χ3v) is 4.25. The molecule has 2 rings (SSSR count). The highest BCUT2D eigenvalue weighted by atomic mass is 32.1. The summed E-state index contributed by atoms with van der Waals surface area (Å²) in [5, 5.41) is 13.9. The molecule has 0 aliphatic heterocycles. The van der Waals surface area contributed by atoms with E-state index in [2.05, 4.69) is 47.6 Å². The van der Waals surface area contributed by atoms with Crippen LogP contribution in [0.1, 0.15) is 16.1 Å². The number of nitrogens with zero attached hydrogens (tertiary/aromatic N) is 2. The van der Waals surface area contributed by atoms with Crippen LogP contribution in [0.25, 0.3) is 10.6 Å². The molecule has 0 spiro atoms. The Hall–Kier alpha value is -1.30. The van der Waals surface area contributed by atoms with Gasteiger partial charge in [-0.1, -0.05) is 23.5 Å². The lowest BCUT2D eigenvalue weighted by molar-refractivity contribution is 0.199. The summed E-state index contributed by atoms with van der Waals surface area (Å²) in [7, 11) is 1.71. The molecule has 4 nitrogen and oxygen atoms in total. The van der Waals surface area contributed by atoms with E-state index >= 15 is 0 Å². The van der Waals surface area contributed by atoms with Crippen molar-refractivity contribution in [2.24, 2.45) is 0 Å². The fourth-order valence-electron chi connectivity index (χ4n) is 1.84. The van der Waals surface area contributed by atoms with Gasteiger partial charge in [-0.3, -0.25) is 0 Å². The van der Waals surface area contributed by atoms with Crippen LogP contribution in [0.3, 0.4) is 0 Å². The molecule has 0 fully saturated rings. The second-order valence-electron chi connectivity index (χ2n) is 4.79. The summed E-state index contributed by atoms with van der Waals surface area (Å²) in [5.41, 5.74) is 3.76. The maximum absolute atomic E-state index is 4.99. The molecule has 0 saturated carbocycles. The summed E-state index contributed by atoms with van der Waals surface area (Å²) >= 11 is 1.67. The summed E-state index contributed by atoms with van der Waals surface area (Å²) in [4.78, 5) is 0. The van der Waals surface area contributed by atoms with Crippen molar-refractivity contribution in [1.82, 2.24) is 15.5 Å². The molecule has 1 aromatic carbocycles. The fraction of sp³-hybridized carbons (Fsp3) is 0.467. The highest BCUT2D eigenvalue weighted by molar-refractivity contribution is 7.14. The summed E-state index contributed by atoms with van der Waals surface area (Å²) in [6.45, 7) is 6.77. The van der Waals surface area contributed by atoms with Crippen molar-refractivity contribution in [1.29, 1.82) is 0 Å². The minimum atomic E-state index is 0.740. The van der Waals surface area contributed by atoms with Crippen LogP contribution in [-0.4, -0.2) is 37.0 Å². The largest absolute Gasteiger partial charge is 0.383 e. The monoisotopic (exact) mass is 291 g/mol. The van der Waals surface area contributed by atoms with E-state index in [4.69, 9.17) is 4.74 Å². The first-order valence-electron chi connectivity index (χ1n) is 6.80. The lowest BCUT2D eigenvalue weighted by Crippen LogP contribution is -2.21. The van der Waals surface area contributed by atoms with Crippen molar-refractivity contribution >= 4 is 11.3 Å². The lowest BCUT2D eigenvalue weighted by atomic mass is 10.1. The van der Waals surface area contributed by atoms with E-state index in [9.17, 15) is 0 Å². The van der Waals surface area contributed by atoms with Gasteiger partial charge in [-0.2, -0.15) is 0 Å². The number of benzene rings is 1. The average Bonchev–Trinajstić information content (AvgIpc) is 2.90. The molecule has 1 aromatic heterocycles. The molecule has 0 unspecified atom stereocenters. The zero-order valence-corrected chi connectivity index (χ0v) is 13.1. The van der Waals surface area contributed by atoms with Gasteiger partial charge in [0.1, 0.15) is 10.0 Å². The van der Waals surface area contributed by atoms with Gasteiger partial charge in [0.2, 0.25) is 0 Å². The van der Waals surface area contributed by atoms with Crippen molar-refractivity contribution < 1.29 is 4.74 Å². The van der Waals surface area contributed by atoms with Gasteiger partial charge in [-0.25, -0.2) is 0 Å². The van der Waals surface area contributed by atoms with E-state index in [1.54, 1.807) is 18.4 Å². The molecule has 108 valence electrons. The minimum absolute atomic E-state index is 0.740. The number of hydrogen-bond acceptors (Lipinski definition) is 5. The number of methoxy groups -OCH3 is 1. The molecular formula is C15H21N3OS. The Morgan fingerprint density at radius 3 is 2.75 bits per heavy atom. The van der Waals surface area contributed by atoms with Crippen molar-refractivity contribution in [3.63, 3.8) is 0 Å². The summed E-state index contributed by atoms with van der Waals surface area (Å²) < 4.78 is 4.99. The first-order chi connectivity index (χ1) is 9.70. The Balaban J connectivity index is 1.93. The molecule has 0 radical (unpaired) electrons. The SMILES string of the molecule is COCCNCCc1nnc(-c2ccc(C)c(C)c2)s1. The maximum Gasteiger partial charge on any atom is 0.147 e. The smallest absolute Gasteiger partial charge is 0.147 e.